The van der Waals surface area contributed by atoms with E-state index in [9.17, 15) is 19.2 Å². The minimum Gasteiger partial charge on any atom is -0.490 e. The van der Waals surface area contributed by atoms with Crippen LogP contribution in [0.5, 0.6) is 11.5 Å². The van der Waals surface area contributed by atoms with E-state index >= 15 is 0 Å². The van der Waals surface area contributed by atoms with Gasteiger partial charge in [0.25, 0.3) is 5.91 Å². The maximum Gasteiger partial charge on any atom is 0.373 e. The zero-order valence-electron chi connectivity index (χ0n) is 17.4. The second-order valence-corrected chi connectivity index (χ2v) is 7.66. The molecule has 1 aliphatic rings. The molecule has 3 amide bonds. The molecule has 0 spiro atoms. The van der Waals surface area contributed by atoms with Crippen molar-refractivity contribution in [2.75, 3.05) is 13.7 Å². The Morgan fingerprint density at radius 3 is 2.66 bits per heavy atom. The van der Waals surface area contributed by atoms with Crippen molar-refractivity contribution in [1.82, 2.24) is 10.2 Å². The monoisotopic (exact) mass is 554 g/mol. The van der Waals surface area contributed by atoms with Crippen molar-refractivity contribution in [3.8, 4) is 11.5 Å². The summed E-state index contributed by atoms with van der Waals surface area (Å²) < 4.78 is 21.3. The molecule has 1 fully saturated rings. The summed E-state index contributed by atoms with van der Waals surface area (Å²) in [6.07, 6.45) is 1.49. The molecule has 1 aliphatic heterocycles. The zero-order chi connectivity index (χ0) is 23.4. The fourth-order valence-corrected chi connectivity index (χ4v) is 3.62. The molecule has 11 heteroatoms. The third-order valence-corrected chi connectivity index (χ3v) is 5.01. The fraction of sp³-hybridized carbons (Fsp3) is 0.238. The third-order valence-electron chi connectivity index (χ3n) is 4.21. The lowest BCUT2D eigenvalue weighted by molar-refractivity contribution is -0.132. The van der Waals surface area contributed by atoms with E-state index < -0.39 is 23.9 Å². The lowest BCUT2D eigenvalue weighted by atomic mass is 10.1. The quantitative estimate of drug-likeness (QED) is 0.182. The second kappa shape index (κ2) is 9.85. The van der Waals surface area contributed by atoms with Crippen molar-refractivity contribution in [3.63, 3.8) is 0 Å². The van der Waals surface area contributed by atoms with Gasteiger partial charge in [-0.1, -0.05) is 0 Å². The summed E-state index contributed by atoms with van der Waals surface area (Å²) in [6, 6.07) is 5.55. The van der Waals surface area contributed by atoms with Crippen LogP contribution >= 0.6 is 22.6 Å². The van der Waals surface area contributed by atoms with Gasteiger partial charge in [0, 0.05) is 6.92 Å². The topological polar surface area (TPSA) is 124 Å². The first kappa shape index (κ1) is 23.3. The van der Waals surface area contributed by atoms with E-state index in [1.54, 1.807) is 19.1 Å². The number of halogens is 1. The Balaban J connectivity index is 1.84. The summed E-state index contributed by atoms with van der Waals surface area (Å²) in [5.41, 5.74) is 0.610. The van der Waals surface area contributed by atoms with Crippen LogP contribution in [0.1, 0.15) is 35.7 Å². The maximum absolute atomic E-state index is 12.8. The first-order valence-electron chi connectivity index (χ1n) is 9.39. The molecule has 168 valence electrons. The summed E-state index contributed by atoms with van der Waals surface area (Å²) in [4.78, 5) is 48.9. The van der Waals surface area contributed by atoms with Gasteiger partial charge in [-0.25, -0.2) is 9.59 Å². The normalized spacial score (nSPS) is 14.5. The molecule has 0 saturated carbocycles. The molecule has 1 N–H and O–H groups in total. The summed E-state index contributed by atoms with van der Waals surface area (Å²) in [7, 11) is 1.22. The number of carbonyl (C=O) groups excluding carboxylic acids is 4. The van der Waals surface area contributed by atoms with Crippen LogP contribution < -0.4 is 14.8 Å². The Labute approximate surface area is 196 Å². The standard InChI is InChI=1S/C21H19IN2O8/c1-4-30-17-9-12(7-14(22)18(17)31-11(2)25)8-15-19(26)24(21(28)23-15)10-13-5-6-16(32-13)20(27)29-3/h5-9H,4,10H2,1-3H3,(H,23,28)/b15-8-. The molecule has 0 unspecified atom stereocenters. The molecule has 1 saturated heterocycles. The minimum atomic E-state index is -0.661. The molecule has 2 heterocycles. The Hall–Kier alpha value is -3.35. The number of methoxy groups -OCH3 is 1. The Morgan fingerprint density at radius 2 is 2.00 bits per heavy atom. The number of furan rings is 1. The first-order valence-corrected chi connectivity index (χ1v) is 10.5. The van der Waals surface area contributed by atoms with Gasteiger partial charge in [-0.15, -0.1) is 0 Å². The number of ether oxygens (including phenoxy) is 3. The Bertz CT molecular complexity index is 1120. The van der Waals surface area contributed by atoms with Gasteiger partial charge in [-0.2, -0.15) is 0 Å². The van der Waals surface area contributed by atoms with Crippen LogP contribution in [0.3, 0.4) is 0 Å². The summed E-state index contributed by atoms with van der Waals surface area (Å²) in [5.74, 6) is -0.887. The Morgan fingerprint density at radius 1 is 1.25 bits per heavy atom. The van der Waals surface area contributed by atoms with Crippen molar-refractivity contribution in [2.24, 2.45) is 0 Å². The number of esters is 2. The molecule has 1 aromatic carbocycles. The van der Waals surface area contributed by atoms with E-state index in [-0.39, 0.29) is 29.5 Å². The largest absolute Gasteiger partial charge is 0.490 e. The molecule has 10 nitrogen and oxygen atoms in total. The highest BCUT2D eigenvalue weighted by atomic mass is 127. The highest BCUT2D eigenvalue weighted by Gasteiger charge is 2.34. The fourth-order valence-electron chi connectivity index (χ4n) is 2.89. The minimum absolute atomic E-state index is 0.0313. The van der Waals surface area contributed by atoms with Crippen molar-refractivity contribution in [3.05, 3.63) is 50.6 Å². The molecule has 0 radical (unpaired) electrons. The molecular weight excluding hydrogens is 535 g/mol. The predicted molar refractivity (Wildman–Crippen MR) is 119 cm³/mol. The predicted octanol–water partition coefficient (Wildman–Crippen LogP) is 3.09. The highest BCUT2D eigenvalue weighted by Crippen LogP contribution is 2.35. The van der Waals surface area contributed by atoms with Crippen LogP contribution in [0.2, 0.25) is 0 Å². The maximum atomic E-state index is 12.8. The van der Waals surface area contributed by atoms with Crippen LogP contribution in [0.25, 0.3) is 6.08 Å². The average molecular weight is 554 g/mol. The molecule has 2 aromatic rings. The lowest BCUT2D eigenvalue weighted by Gasteiger charge is -2.12. The van der Waals surface area contributed by atoms with Crippen LogP contribution in [0.4, 0.5) is 4.79 Å². The first-order chi connectivity index (χ1) is 15.2. The van der Waals surface area contributed by atoms with Crippen molar-refractivity contribution in [2.45, 2.75) is 20.4 Å². The summed E-state index contributed by atoms with van der Waals surface area (Å²) in [5, 5.41) is 2.52. The lowest BCUT2D eigenvalue weighted by Crippen LogP contribution is -2.30. The highest BCUT2D eigenvalue weighted by molar-refractivity contribution is 14.1. The molecular formula is C21H19IN2O8. The van der Waals surface area contributed by atoms with Gasteiger partial charge in [0.1, 0.15) is 11.5 Å². The summed E-state index contributed by atoms with van der Waals surface area (Å²) in [6.45, 7) is 3.25. The number of nitrogens with one attached hydrogen (secondary N) is 1. The number of hydrogen-bond donors (Lipinski definition) is 1. The van der Waals surface area contributed by atoms with Gasteiger partial charge in [0.05, 0.1) is 23.8 Å². The number of rotatable bonds is 7. The van der Waals surface area contributed by atoms with Crippen LogP contribution in [0.15, 0.2) is 34.4 Å². The molecule has 1 aromatic heterocycles. The molecule has 32 heavy (non-hydrogen) atoms. The number of hydrogen-bond acceptors (Lipinski definition) is 8. The van der Waals surface area contributed by atoms with Gasteiger partial charge in [-0.05, 0) is 65.4 Å². The third kappa shape index (κ3) is 5.10. The Kier molecular flexibility index (Phi) is 7.18. The second-order valence-electron chi connectivity index (χ2n) is 6.49. The van der Waals surface area contributed by atoms with Gasteiger partial charge < -0.3 is 23.9 Å². The number of benzene rings is 1. The van der Waals surface area contributed by atoms with E-state index in [1.165, 1.54) is 32.2 Å². The van der Waals surface area contributed by atoms with E-state index in [4.69, 9.17) is 13.9 Å². The molecule has 0 atom stereocenters. The van der Waals surface area contributed by atoms with E-state index in [0.29, 0.717) is 21.5 Å². The number of urea groups is 1. The van der Waals surface area contributed by atoms with Gasteiger partial charge in [-0.3, -0.25) is 14.5 Å². The van der Waals surface area contributed by atoms with Gasteiger partial charge in [0.2, 0.25) is 5.76 Å². The van der Waals surface area contributed by atoms with Crippen molar-refractivity contribution < 1.29 is 37.8 Å². The van der Waals surface area contributed by atoms with Crippen molar-refractivity contribution in [1.29, 1.82) is 0 Å². The van der Waals surface area contributed by atoms with Gasteiger partial charge >= 0.3 is 18.0 Å². The number of nitrogens with zero attached hydrogens (tertiary/aromatic N) is 1. The molecule has 3 rings (SSSR count). The van der Waals surface area contributed by atoms with E-state index in [2.05, 4.69) is 10.1 Å². The zero-order valence-corrected chi connectivity index (χ0v) is 19.5. The van der Waals surface area contributed by atoms with E-state index in [1.807, 2.05) is 22.6 Å². The molecule has 0 aliphatic carbocycles. The average Bonchev–Trinajstić information content (AvgIpc) is 3.30. The van der Waals surface area contributed by atoms with Crippen LogP contribution in [0, 0.1) is 3.57 Å². The van der Waals surface area contributed by atoms with Crippen LogP contribution in [-0.2, 0) is 20.9 Å². The summed E-state index contributed by atoms with van der Waals surface area (Å²) >= 11 is 1.99. The number of amides is 3. The SMILES string of the molecule is CCOc1cc(/C=C2\NC(=O)N(Cc3ccc(C(=O)OC)o3)C2=O)cc(I)c1OC(C)=O. The molecule has 0 bridgehead atoms. The number of imide groups is 1. The van der Waals surface area contributed by atoms with Gasteiger partial charge in [0.15, 0.2) is 11.5 Å². The van der Waals surface area contributed by atoms with Crippen molar-refractivity contribution >= 4 is 52.5 Å². The number of carbonyl (C=O) groups is 4. The van der Waals surface area contributed by atoms with E-state index in [0.717, 1.165) is 4.90 Å². The smallest absolute Gasteiger partial charge is 0.373 e. The van der Waals surface area contributed by atoms with Crippen LogP contribution in [-0.4, -0.2) is 42.5 Å².